The summed E-state index contributed by atoms with van der Waals surface area (Å²) in [5.74, 6) is 0.786. The van der Waals surface area contributed by atoms with E-state index in [4.69, 9.17) is 11.6 Å². The van der Waals surface area contributed by atoms with Gasteiger partial charge in [-0.2, -0.15) is 4.98 Å². The number of hydrogen-bond donors (Lipinski definition) is 1. The molecule has 0 aliphatic heterocycles. The molecule has 0 saturated heterocycles. The molecule has 0 aliphatic carbocycles. The number of aromatic nitrogens is 3. The molecular weight excluding hydrogens is 304 g/mol. The van der Waals surface area contributed by atoms with Gasteiger partial charge in [0, 0.05) is 10.6 Å². The van der Waals surface area contributed by atoms with E-state index in [9.17, 15) is 0 Å². The summed E-state index contributed by atoms with van der Waals surface area (Å²) >= 11 is 7.78. The van der Waals surface area contributed by atoms with Crippen molar-refractivity contribution in [3.8, 4) is 0 Å². The lowest BCUT2D eigenvalue weighted by Gasteiger charge is -2.07. The van der Waals surface area contributed by atoms with Gasteiger partial charge in [0.15, 0.2) is 5.82 Å². The Kier molecular flexibility index (Phi) is 4.12. The second-order valence-electron chi connectivity index (χ2n) is 4.96. The van der Waals surface area contributed by atoms with Crippen LogP contribution in [-0.2, 0) is 13.0 Å². The minimum absolute atomic E-state index is 0.262. The minimum atomic E-state index is 0.262. The number of nitrogens with zero attached hydrogens (tertiary/aromatic N) is 3. The van der Waals surface area contributed by atoms with Gasteiger partial charge in [-0.05, 0) is 48.0 Å². The van der Waals surface area contributed by atoms with Crippen molar-refractivity contribution in [2.24, 2.45) is 0 Å². The smallest absolute Gasteiger partial charge is 0.243 e. The van der Waals surface area contributed by atoms with Crippen LogP contribution < -0.4 is 5.32 Å². The molecule has 4 nitrogen and oxygen atoms in total. The lowest BCUT2D eigenvalue weighted by Crippen LogP contribution is -2.05. The maximum absolute atomic E-state index is 6.06. The molecule has 0 bridgehead atoms. The average Bonchev–Trinajstić information content (AvgIpc) is 3.07. The zero-order valence-corrected chi connectivity index (χ0v) is 13.6. The third-order valence-corrected chi connectivity index (χ3v) is 4.52. The normalized spacial score (nSPS) is 11.2. The molecule has 6 heteroatoms. The van der Waals surface area contributed by atoms with E-state index in [1.807, 2.05) is 10.6 Å². The zero-order chi connectivity index (χ0) is 14.8. The number of rotatable bonds is 5. The fourth-order valence-corrected chi connectivity index (χ4v) is 3.24. The van der Waals surface area contributed by atoms with E-state index in [0.717, 1.165) is 36.4 Å². The highest BCUT2D eigenvalue weighted by molar-refractivity contribution is 7.09. The van der Waals surface area contributed by atoms with Gasteiger partial charge in [0.1, 0.15) is 5.52 Å². The largest absolute Gasteiger partial charge is 0.363 e. The van der Waals surface area contributed by atoms with Gasteiger partial charge in [0.2, 0.25) is 5.28 Å². The number of anilines is 1. The van der Waals surface area contributed by atoms with Crippen LogP contribution in [0.25, 0.3) is 5.52 Å². The van der Waals surface area contributed by atoms with Crippen molar-refractivity contribution in [2.45, 2.75) is 33.2 Å². The van der Waals surface area contributed by atoms with Gasteiger partial charge >= 0.3 is 0 Å². The third kappa shape index (κ3) is 2.89. The summed E-state index contributed by atoms with van der Waals surface area (Å²) in [6.45, 7) is 4.99. The zero-order valence-electron chi connectivity index (χ0n) is 12.1. The number of hydrogen-bond acceptors (Lipinski definition) is 4. The molecular formula is C15H17ClN4S. The van der Waals surface area contributed by atoms with Crippen molar-refractivity contribution >= 4 is 34.3 Å². The first-order valence-electron chi connectivity index (χ1n) is 7.00. The Morgan fingerprint density at radius 3 is 3.00 bits per heavy atom. The second kappa shape index (κ2) is 6.03. The molecule has 0 saturated carbocycles. The predicted octanol–water partition coefficient (Wildman–Crippen LogP) is 4.32. The Morgan fingerprint density at radius 2 is 2.29 bits per heavy atom. The van der Waals surface area contributed by atoms with Gasteiger partial charge < -0.3 is 5.32 Å². The van der Waals surface area contributed by atoms with Gasteiger partial charge in [-0.3, -0.25) is 0 Å². The van der Waals surface area contributed by atoms with E-state index in [0.29, 0.717) is 0 Å². The number of nitrogens with one attached hydrogen (secondary N) is 1. The minimum Gasteiger partial charge on any atom is -0.363 e. The number of aryl methyl sites for hydroxylation is 2. The Labute approximate surface area is 132 Å². The molecule has 0 amide bonds. The van der Waals surface area contributed by atoms with E-state index < -0.39 is 0 Å². The molecule has 0 atom stereocenters. The van der Waals surface area contributed by atoms with Crippen molar-refractivity contribution in [1.82, 2.24) is 14.6 Å². The van der Waals surface area contributed by atoms with Crippen LogP contribution in [0.3, 0.4) is 0 Å². The summed E-state index contributed by atoms with van der Waals surface area (Å²) in [6, 6.07) is 6.31. The number of fused-ring (bicyclic) bond motifs is 1. The van der Waals surface area contributed by atoms with E-state index >= 15 is 0 Å². The highest BCUT2D eigenvalue weighted by atomic mass is 35.5. The van der Waals surface area contributed by atoms with Crippen LogP contribution in [0.15, 0.2) is 23.6 Å². The van der Waals surface area contributed by atoms with Crippen LogP contribution in [0.2, 0.25) is 5.28 Å². The van der Waals surface area contributed by atoms with Crippen molar-refractivity contribution in [2.75, 3.05) is 5.32 Å². The first kappa shape index (κ1) is 14.4. The van der Waals surface area contributed by atoms with E-state index in [1.165, 1.54) is 10.4 Å². The van der Waals surface area contributed by atoms with Crippen molar-refractivity contribution in [3.05, 3.63) is 45.0 Å². The van der Waals surface area contributed by atoms with Crippen LogP contribution >= 0.6 is 22.9 Å². The highest BCUT2D eigenvalue weighted by Gasteiger charge is 2.13. The monoisotopic (exact) mass is 320 g/mol. The van der Waals surface area contributed by atoms with Gasteiger partial charge in [-0.15, -0.1) is 16.4 Å². The molecule has 3 rings (SSSR count). The summed E-state index contributed by atoms with van der Waals surface area (Å²) in [5.41, 5.74) is 3.42. The van der Waals surface area contributed by atoms with Crippen molar-refractivity contribution in [1.29, 1.82) is 0 Å². The molecule has 21 heavy (non-hydrogen) atoms. The molecule has 0 aliphatic rings. The maximum Gasteiger partial charge on any atom is 0.243 e. The van der Waals surface area contributed by atoms with Crippen molar-refractivity contribution < 1.29 is 0 Å². The Bertz CT molecular complexity index is 749. The summed E-state index contributed by atoms with van der Waals surface area (Å²) in [4.78, 5) is 5.61. The molecule has 3 heterocycles. The van der Waals surface area contributed by atoms with Crippen molar-refractivity contribution in [3.63, 3.8) is 0 Å². The number of thiophene rings is 1. The maximum atomic E-state index is 6.06. The van der Waals surface area contributed by atoms with E-state index in [-0.39, 0.29) is 5.28 Å². The summed E-state index contributed by atoms with van der Waals surface area (Å²) in [6.07, 6.45) is 2.15. The second-order valence-corrected chi connectivity index (χ2v) is 6.33. The molecule has 110 valence electrons. The molecule has 3 aromatic heterocycles. The van der Waals surface area contributed by atoms with Crippen LogP contribution in [0.4, 0.5) is 5.82 Å². The summed E-state index contributed by atoms with van der Waals surface area (Å²) in [5, 5.41) is 10.0. The molecule has 0 radical (unpaired) electrons. The standard InChI is InChI=1S/C15H17ClN4S/c1-3-5-11-8-13-14(17-9-12-6-4-7-21-12)18-15(16)19-20(13)10(11)2/h4,6-8H,3,5,9H2,1-2H3,(H,17,18,19). The lowest BCUT2D eigenvalue weighted by molar-refractivity contribution is 0.845. The summed E-state index contributed by atoms with van der Waals surface area (Å²) < 4.78 is 1.89. The van der Waals surface area contributed by atoms with Crippen LogP contribution in [-0.4, -0.2) is 14.6 Å². The predicted molar refractivity (Wildman–Crippen MR) is 88.4 cm³/mol. The molecule has 1 N–H and O–H groups in total. The topological polar surface area (TPSA) is 42.2 Å². The highest BCUT2D eigenvalue weighted by Crippen LogP contribution is 2.24. The quantitative estimate of drug-likeness (QED) is 0.761. The molecule has 0 fully saturated rings. The SMILES string of the molecule is CCCc1cc2c(NCc3cccs3)nc(Cl)nn2c1C. The van der Waals surface area contributed by atoms with E-state index in [2.05, 4.69) is 46.8 Å². The average molecular weight is 321 g/mol. The molecule has 0 unspecified atom stereocenters. The Balaban J connectivity index is 1.98. The Hall–Kier alpha value is -1.59. The Morgan fingerprint density at radius 1 is 1.43 bits per heavy atom. The third-order valence-electron chi connectivity index (χ3n) is 3.48. The molecule has 0 spiro atoms. The summed E-state index contributed by atoms with van der Waals surface area (Å²) in [7, 11) is 0. The van der Waals surface area contributed by atoms with E-state index in [1.54, 1.807) is 11.3 Å². The fourth-order valence-electron chi connectivity index (χ4n) is 2.44. The van der Waals surface area contributed by atoms with Gasteiger partial charge in [0.25, 0.3) is 0 Å². The first-order chi connectivity index (χ1) is 10.2. The molecule has 3 aromatic rings. The molecule has 0 aromatic carbocycles. The van der Waals surface area contributed by atoms with Gasteiger partial charge in [0.05, 0.1) is 6.54 Å². The van der Waals surface area contributed by atoms with Crippen LogP contribution in [0.5, 0.6) is 0 Å². The number of halogens is 1. The van der Waals surface area contributed by atoms with Crippen LogP contribution in [0.1, 0.15) is 29.5 Å². The fraction of sp³-hybridized carbons (Fsp3) is 0.333. The lowest BCUT2D eigenvalue weighted by atomic mass is 10.1. The van der Waals surface area contributed by atoms with Gasteiger partial charge in [-0.1, -0.05) is 19.4 Å². The van der Waals surface area contributed by atoms with Crippen LogP contribution in [0, 0.1) is 6.92 Å². The van der Waals surface area contributed by atoms with Gasteiger partial charge in [-0.25, -0.2) is 4.52 Å². The first-order valence-corrected chi connectivity index (χ1v) is 8.25.